The summed E-state index contributed by atoms with van der Waals surface area (Å²) in [6, 6.07) is 13.1. The molecule has 0 bridgehead atoms. The molecule has 0 spiro atoms. The summed E-state index contributed by atoms with van der Waals surface area (Å²) in [6.45, 7) is 8.73. The monoisotopic (exact) mass is 408 g/mol. The molecule has 2 aromatic rings. The number of para-hydroxylation sites is 1. The van der Waals surface area contributed by atoms with Crippen LogP contribution in [0.1, 0.15) is 36.6 Å². The Hall–Kier alpha value is -3.12. The lowest BCUT2D eigenvalue weighted by Gasteiger charge is -2.28. The maximum Gasteiger partial charge on any atom is 0.295 e. The van der Waals surface area contributed by atoms with E-state index in [2.05, 4.69) is 4.90 Å². The van der Waals surface area contributed by atoms with E-state index < -0.39 is 17.7 Å². The van der Waals surface area contributed by atoms with Crippen LogP contribution in [0.15, 0.2) is 54.1 Å². The summed E-state index contributed by atoms with van der Waals surface area (Å²) in [5.74, 6) is -1.88. The number of Topliss-reactive ketones (excluding diaryl/α,β-unsaturated/α-hetero) is 1. The van der Waals surface area contributed by atoms with E-state index >= 15 is 0 Å². The van der Waals surface area contributed by atoms with Crippen molar-refractivity contribution in [3.05, 3.63) is 70.8 Å². The molecule has 1 saturated heterocycles. The molecule has 0 saturated carbocycles. The zero-order chi connectivity index (χ0) is 21.8. The van der Waals surface area contributed by atoms with E-state index in [-0.39, 0.29) is 22.6 Å². The number of phenolic OH excluding ortho intramolecular Hbond substituents is 1. The quantitative estimate of drug-likeness (QED) is 0.417. The van der Waals surface area contributed by atoms with Crippen LogP contribution in [0.4, 0.5) is 0 Å². The van der Waals surface area contributed by atoms with E-state index in [1.807, 2.05) is 45.0 Å². The predicted octanol–water partition coefficient (Wildman–Crippen LogP) is 3.46. The molecule has 30 heavy (non-hydrogen) atoms. The Morgan fingerprint density at radius 3 is 2.27 bits per heavy atom. The van der Waals surface area contributed by atoms with Crippen molar-refractivity contribution in [2.75, 3.05) is 26.2 Å². The minimum absolute atomic E-state index is 0.00454. The molecule has 1 aliphatic heterocycles. The van der Waals surface area contributed by atoms with Crippen molar-refractivity contribution in [3.63, 3.8) is 0 Å². The number of rotatable bonds is 7. The lowest BCUT2D eigenvalue weighted by molar-refractivity contribution is -0.140. The van der Waals surface area contributed by atoms with E-state index in [4.69, 9.17) is 0 Å². The van der Waals surface area contributed by atoms with Crippen LogP contribution >= 0.6 is 0 Å². The molecule has 0 aliphatic carbocycles. The highest BCUT2D eigenvalue weighted by Gasteiger charge is 2.46. The number of ketones is 1. The van der Waals surface area contributed by atoms with Gasteiger partial charge < -0.3 is 20.0 Å². The first kappa shape index (κ1) is 21.6. The van der Waals surface area contributed by atoms with Gasteiger partial charge in [-0.25, -0.2) is 0 Å². The van der Waals surface area contributed by atoms with Crippen molar-refractivity contribution in [1.82, 2.24) is 9.80 Å². The number of amides is 1. The highest BCUT2D eigenvalue weighted by atomic mass is 16.3. The lowest BCUT2D eigenvalue weighted by Crippen LogP contribution is -2.38. The van der Waals surface area contributed by atoms with Gasteiger partial charge in [0.05, 0.1) is 17.2 Å². The third kappa shape index (κ3) is 4.09. The molecular weight excluding hydrogens is 380 g/mol. The van der Waals surface area contributed by atoms with Crippen LogP contribution in [0.2, 0.25) is 0 Å². The van der Waals surface area contributed by atoms with Crippen LogP contribution in [0.25, 0.3) is 5.76 Å². The van der Waals surface area contributed by atoms with Crippen molar-refractivity contribution >= 4 is 17.4 Å². The fourth-order valence-corrected chi connectivity index (χ4v) is 3.81. The molecule has 6 nitrogen and oxygen atoms in total. The number of phenols is 1. The van der Waals surface area contributed by atoms with Crippen molar-refractivity contribution in [2.45, 2.75) is 26.8 Å². The molecule has 0 aromatic heterocycles. The third-order valence-corrected chi connectivity index (χ3v) is 5.64. The van der Waals surface area contributed by atoms with Crippen molar-refractivity contribution in [2.24, 2.45) is 0 Å². The van der Waals surface area contributed by atoms with Gasteiger partial charge in [-0.3, -0.25) is 9.59 Å². The van der Waals surface area contributed by atoms with Crippen molar-refractivity contribution < 1.29 is 19.8 Å². The first-order chi connectivity index (χ1) is 14.4. The molecule has 3 rings (SSSR count). The van der Waals surface area contributed by atoms with Gasteiger partial charge in [0.2, 0.25) is 0 Å². The summed E-state index contributed by atoms with van der Waals surface area (Å²) in [7, 11) is 0. The number of likely N-dealkylation sites (tertiary alicyclic amines) is 1. The number of carbonyl (C=O) groups excluding carboxylic acids is 2. The zero-order valence-corrected chi connectivity index (χ0v) is 17.6. The molecule has 158 valence electrons. The highest BCUT2D eigenvalue weighted by Crippen LogP contribution is 2.40. The van der Waals surface area contributed by atoms with Gasteiger partial charge in [0.25, 0.3) is 11.7 Å². The van der Waals surface area contributed by atoms with Gasteiger partial charge in [-0.05, 0) is 37.7 Å². The van der Waals surface area contributed by atoms with Crippen LogP contribution in [-0.4, -0.2) is 57.9 Å². The number of likely N-dealkylation sites (N-methyl/N-ethyl adjacent to an activating group) is 1. The topological polar surface area (TPSA) is 81.1 Å². The molecule has 1 heterocycles. The molecule has 1 amide bonds. The highest BCUT2D eigenvalue weighted by molar-refractivity contribution is 6.46. The van der Waals surface area contributed by atoms with Crippen LogP contribution in [0, 0.1) is 6.92 Å². The number of benzene rings is 2. The van der Waals surface area contributed by atoms with Gasteiger partial charge in [0.15, 0.2) is 0 Å². The minimum atomic E-state index is -0.735. The number of hydrogen-bond acceptors (Lipinski definition) is 5. The van der Waals surface area contributed by atoms with E-state index in [0.29, 0.717) is 13.1 Å². The second kappa shape index (κ2) is 9.13. The second-order valence-corrected chi connectivity index (χ2v) is 7.45. The minimum Gasteiger partial charge on any atom is -0.507 e. The number of aliphatic hydroxyl groups is 1. The lowest BCUT2D eigenvalue weighted by atomic mass is 9.94. The zero-order valence-electron chi connectivity index (χ0n) is 17.6. The van der Waals surface area contributed by atoms with Gasteiger partial charge in [-0.1, -0.05) is 55.8 Å². The van der Waals surface area contributed by atoms with Crippen LogP contribution in [0.3, 0.4) is 0 Å². The third-order valence-electron chi connectivity index (χ3n) is 5.64. The molecular formula is C24H28N2O4. The summed E-state index contributed by atoms with van der Waals surface area (Å²) < 4.78 is 0. The molecule has 6 heteroatoms. The van der Waals surface area contributed by atoms with E-state index in [1.165, 1.54) is 17.0 Å². The van der Waals surface area contributed by atoms with Gasteiger partial charge >= 0.3 is 0 Å². The van der Waals surface area contributed by atoms with Gasteiger partial charge in [-0.2, -0.15) is 0 Å². The Labute approximate surface area is 177 Å². The Bertz CT molecular complexity index is 961. The largest absolute Gasteiger partial charge is 0.507 e. The average Bonchev–Trinajstić information content (AvgIpc) is 3.00. The fourth-order valence-electron chi connectivity index (χ4n) is 3.81. The number of hydrogen-bond donors (Lipinski definition) is 2. The van der Waals surface area contributed by atoms with Gasteiger partial charge in [0.1, 0.15) is 11.5 Å². The molecule has 1 fully saturated rings. The van der Waals surface area contributed by atoms with Crippen LogP contribution in [-0.2, 0) is 9.59 Å². The number of aryl methyl sites for hydroxylation is 1. The number of aromatic hydroxyl groups is 1. The van der Waals surface area contributed by atoms with E-state index in [1.54, 1.807) is 12.1 Å². The normalized spacial score (nSPS) is 18.4. The standard InChI is InChI=1S/C24H28N2O4/c1-4-25(5-2)14-15-26-21(17-12-10-16(3)11-13-17)20(23(29)24(26)30)22(28)18-8-6-7-9-19(18)27/h6-13,21,27-28H,4-5,14-15H2,1-3H3/t21-/m0/s1. The smallest absolute Gasteiger partial charge is 0.295 e. The molecule has 2 aromatic carbocycles. The summed E-state index contributed by atoms with van der Waals surface area (Å²) in [6.07, 6.45) is 0. The van der Waals surface area contributed by atoms with Crippen LogP contribution < -0.4 is 0 Å². The molecule has 1 atom stereocenters. The summed E-state index contributed by atoms with van der Waals surface area (Å²) >= 11 is 0. The average molecular weight is 408 g/mol. The predicted molar refractivity (Wildman–Crippen MR) is 116 cm³/mol. The summed E-state index contributed by atoms with van der Waals surface area (Å²) in [5.41, 5.74) is 1.94. The van der Waals surface area contributed by atoms with Crippen molar-refractivity contribution in [1.29, 1.82) is 0 Å². The van der Waals surface area contributed by atoms with E-state index in [0.717, 1.165) is 24.2 Å². The van der Waals surface area contributed by atoms with Crippen molar-refractivity contribution in [3.8, 4) is 5.75 Å². The summed E-state index contributed by atoms with van der Waals surface area (Å²) in [4.78, 5) is 29.6. The Morgan fingerprint density at radius 2 is 1.67 bits per heavy atom. The molecule has 2 N–H and O–H groups in total. The second-order valence-electron chi connectivity index (χ2n) is 7.45. The Kier molecular flexibility index (Phi) is 6.57. The Balaban J connectivity index is 2.11. The van der Waals surface area contributed by atoms with Crippen LogP contribution in [0.5, 0.6) is 5.75 Å². The number of carbonyl (C=O) groups is 2. The molecule has 0 unspecified atom stereocenters. The van der Waals surface area contributed by atoms with Gasteiger partial charge in [-0.15, -0.1) is 0 Å². The first-order valence-corrected chi connectivity index (χ1v) is 10.2. The number of aliphatic hydroxyl groups excluding tert-OH is 1. The fraction of sp³-hybridized carbons (Fsp3) is 0.333. The maximum atomic E-state index is 13.0. The van der Waals surface area contributed by atoms with Gasteiger partial charge in [0, 0.05) is 13.1 Å². The molecule has 1 aliphatic rings. The SMILES string of the molecule is CCN(CC)CCN1C(=O)C(=O)C(=C(O)c2ccccc2O)[C@@H]1c1ccc(C)cc1. The number of nitrogens with zero attached hydrogens (tertiary/aromatic N) is 2. The Morgan fingerprint density at radius 1 is 1.03 bits per heavy atom. The van der Waals surface area contributed by atoms with E-state index in [9.17, 15) is 19.8 Å². The molecule has 0 radical (unpaired) electrons. The first-order valence-electron chi connectivity index (χ1n) is 10.2. The maximum absolute atomic E-state index is 13.0. The summed E-state index contributed by atoms with van der Waals surface area (Å²) in [5, 5.41) is 21.2.